The van der Waals surface area contributed by atoms with Crippen molar-refractivity contribution >= 4 is 23.2 Å². The van der Waals surface area contributed by atoms with E-state index >= 15 is 0 Å². The van der Waals surface area contributed by atoms with Crippen molar-refractivity contribution in [3.8, 4) is 11.1 Å². The molecule has 0 atom stereocenters. The number of benzene rings is 3. The average Bonchev–Trinajstić information content (AvgIpc) is 2.72. The Bertz CT molecular complexity index is 912. The molecule has 0 fully saturated rings. The van der Waals surface area contributed by atoms with Crippen LogP contribution in [0.3, 0.4) is 0 Å². The van der Waals surface area contributed by atoms with Crippen LogP contribution in [0.4, 0.5) is 4.39 Å². The van der Waals surface area contributed by atoms with E-state index in [-0.39, 0.29) is 16.8 Å². The SMILES string of the molecule is O=C(NNC(=S)NCc1ccc(F)cc1)c1ccc(-c2ccccc2)cc1. The van der Waals surface area contributed by atoms with E-state index in [4.69, 9.17) is 12.2 Å². The molecule has 3 rings (SSSR count). The highest BCUT2D eigenvalue weighted by Gasteiger charge is 2.06. The first-order valence-corrected chi connectivity index (χ1v) is 8.77. The van der Waals surface area contributed by atoms with E-state index in [2.05, 4.69) is 16.2 Å². The normalized spacial score (nSPS) is 10.1. The predicted octanol–water partition coefficient (Wildman–Crippen LogP) is 3.80. The molecule has 0 aliphatic heterocycles. The lowest BCUT2D eigenvalue weighted by atomic mass is 10.0. The van der Waals surface area contributed by atoms with Gasteiger partial charge in [-0.3, -0.25) is 15.6 Å². The van der Waals surface area contributed by atoms with E-state index in [1.165, 1.54) is 12.1 Å². The lowest BCUT2D eigenvalue weighted by Gasteiger charge is -2.12. The van der Waals surface area contributed by atoms with Gasteiger partial charge in [-0.05, 0) is 53.2 Å². The number of hydrazine groups is 1. The van der Waals surface area contributed by atoms with Gasteiger partial charge in [-0.2, -0.15) is 0 Å². The molecule has 0 aliphatic carbocycles. The zero-order valence-electron chi connectivity index (χ0n) is 14.4. The maximum atomic E-state index is 12.9. The monoisotopic (exact) mass is 379 g/mol. The molecule has 3 aromatic carbocycles. The third-order valence-electron chi connectivity index (χ3n) is 3.91. The van der Waals surface area contributed by atoms with Gasteiger partial charge in [-0.25, -0.2) is 4.39 Å². The summed E-state index contributed by atoms with van der Waals surface area (Å²) < 4.78 is 12.9. The fraction of sp³-hybridized carbons (Fsp3) is 0.0476. The lowest BCUT2D eigenvalue weighted by molar-refractivity contribution is 0.0943. The summed E-state index contributed by atoms with van der Waals surface area (Å²) in [4.78, 5) is 12.2. The maximum Gasteiger partial charge on any atom is 0.269 e. The Labute approximate surface area is 162 Å². The number of halogens is 1. The van der Waals surface area contributed by atoms with Crippen molar-refractivity contribution in [2.75, 3.05) is 0 Å². The largest absolute Gasteiger partial charge is 0.357 e. The van der Waals surface area contributed by atoms with Crippen LogP contribution in [0.1, 0.15) is 15.9 Å². The second kappa shape index (κ2) is 8.91. The Hall–Kier alpha value is -3.25. The van der Waals surface area contributed by atoms with Gasteiger partial charge in [0, 0.05) is 12.1 Å². The minimum absolute atomic E-state index is 0.272. The van der Waals surface area contributed by atoms with Crippen LogP contribution < -0.4 is 16.2 Å². The summed E-state index contributed by atoms with van der Waals surface area (Å²) in [6, 6.07) is 23.3. The molecule has 0 saturated heterocycles. The van der Waals surface area contributed by atoms with Crippen molar-refractivity contribution in [3.63, 3.8) is 0 Å². The minimum atomic E-state index is -0.291. The Morgan fingerprint density at radius 3 is 2.11 bits per heavy atom. The molecule has 6 heteroatoms. The fourth-order valence-corrected chi connectivity index (χ4v) is 2.58. The summed E-state index contributed by atoms with van der Waals surface area (Å²) in [5.41, 5.74) is 8.73. The topological polar surface area (TPSA) is 53.2 Å². The molecular weight excluding hydrogens is 361 g/mol. The summed E-state index contributed by atoms with van der Waals surface area (Å²) in [5.74, 6) is -0.578. The highest BCUT2D eigenvalue weighted by molar-refractivity contribution is 7.80. The van der Waals surface area contributed by atoms with Crippen LogP contribution in [-0.4, -0.2) is 11.0 Å². The first-order valence-electron chi connectivity index (χ1n) is 8.36. The molecule has 0 heterocycles. The Morgan fingerprint density at radius 1 is 0.815 bits per heavy atom. The van der Waals surface area contributed by atoms with Crippen molar-refractivity contribution < 1.29 is 9.18 Å². The van der Waals surface area contributed by atoms with Crippen LogP contribution >= 0.6 is 12.2 Å². The van der Waals surface area contributed by atoms with Gasteiger partial charge in [0.25, 0.3) is 5.91 Å². The number of hydrogen-bond donors (Lipinski definition) is 3. The van der Waals surface area contributed by atoms with Crippen LogP contribution in [0.5, 0.6) is 0 Å². The van der Waals surface area contributed by atoms with E-state index in [0.29, 0.717) is 12.1 Å². The number of nitrogens with one attached hydrogen (secondary N) is 3. The predicted molar refractivity (Wildman–Crippen MR) is 108 cm³/mol. The van der Waals surface area contributed by atoms with Gasteiger partial charge in [-0.15, -0.1) is 0 Å². The average molecular weight is 379 g/mol. The maximum absolute atomic E-state index is 12.9. The molecule has 27 heavy (non-hydrogen) atoms. The number of hydrogen-bond acceptors (Lipinski definition) is 2. The lowest BCUT2D eigenvalue weighted by Crippen LogP contribution is -2.46. The minimum Gasteiger partial charge on any atom is -0.357 e. The number of rotatable bonds is 4. The summed E-state index contributed by atoms with van der Waals surface area (Å²) in [6.45, 7) is 0.424. The zero-order valence-corrected chi connectivity index (χ0v) is 15.2. The van der Waals surface area contributed by atoms with Gasteiger partial charge in [0.1, 0.15) is 5.82 Å². The van der Waals surface area contributed by atoms with E-state index < -0.39 is 0 Å². The molecule has 0 aliphatic rings. The van der Waals surface area contributed by atoms with Crippen LogP contribution in [-0.2, 0) is 6.54 Å². The van der Waals surface area contributed by atoms with Crippen molar-refractivity contribution in [2.45, 2.75) is 6.54 Å². The highest BCUT2D eigenvalue weighted by atomic mass is 32.1. The Kier molecular flexibility index (Phi) is 6.12. The van der Waals surface area contributed by atoms with E-state index in [0.717, 1.165) is 16.7 Å². The molecule has 0 aromatic heterocycles. The summed E-state index contributed by atoms with van der Waals surface area (Å²) in [7, 11) is 0. The summed E-state index contributed by atoms with van der Waals surface area (Å²) in [5, 5.41) is 3.21. The third kappa shape index (κ3) is 5.36. The summed E-state index contributed by atoms with van der Waals surface area (Å²) in [6.07, 6.45) is 0. The molecular formula is C21H18FN3OS. The standard InChI is InChI=1S/C21H18FN3OS/c22-19-12-6-15(7-13-19)14-23-21(27)25-24-20(26)18-10-8-17(9-11-18)16-4-2-1-3-5-16/h1-13H,14H2,(H,24,26)(H2,23,25,27). The quantitative estimate of drug-likeness (QED) is 0.477. The number of amides is 1. The van der Waals surface area contributed by atoms with Gasteiger partial charge in [0.05, 0.1) is 0 Å². The molecule has 3 N–H and O–H groups in total. The second-order valence-corrected chi connectivity index (χ2v) is 6.24. The highest BCUT2D eigenvalue weighted by Crippen LogP contribution is 2.19. The van der Waals surface area contributed by atoms with Crippen LogP contribution in [0.15, 0.2) is 78.9 Å². The number of carbonyl (C=O) groups is 1. The van der Waals surface area contributed by atoms with Gasteiger partial charge < -0.3 is 5.32 Å². The van der Waals surface area contributed by atoms with E-state index in [1.54, 1.807) is 24.3 Å². The van der Waals surface area contributed by atoms with Gasteiger partial charge in [0.15, 0.2) is 5.11 Å². The summed E-state index contributed by atoms with van der Waals surface area (Å²) >= 11 is 5.12. The molecule has 1 amide bonds. The second-order valence-electron chi connectivity index (χ2n) is 5.83. The van der Waals surface area contributed by atoms with Crippen LogP contribution in [0.25, 0.3) is 11.1 Å². The van der Waals surface area contributed by atoms with E-state index in [9.17, 15) is 9.18 Å². The fourth-order valence-electron chi connectivity index (χ4n) is 2.46. The van der Waals surface area contributed by atoms with E-state index in [1.807, 2.05) is 42.5 Å². The van der Waals surface area contributed by atoms with Gasteiger partial charge >= 0.3 is 0 Å². The Morgan fingerprint density at radius 2 is 1.44 bits per heavy atom. The molecule has 0 radical (unpaired) electrons. The van der Waals surface area contributed by atoms with Crippen LogP contribution in [0.2, 0.25) is 0 Å². The number of carbonyl (C=O) groups excluding carboxylic acids is 1. The third-order valence-corrected chi connectivity index (χ3v) is 4.16. The first kappa shape index (κ1) is 18.5. The molecule has 0 saturated carbocycles. The molecule has 136 valence electrons. The Balaban J connectivity index is 1.48. The first-order chi connectivity index (χ1) is 13.1. The molecule has 0 bridgehead atoms. The van der Waals surface area contributed by atoms with Crippen LogP contribution in [0, 0.1) is 5.82 Å². The van der Waals surface area contributed by atoms with Crippen molar-refractivity contribution in [1.82, 2.24) is 16.2 Å². The molecule has 0 unspecified atom stereocenters. The number of thiocarbonyl (C=S) groups is 1. The van der Waals surface area contributed by atoms with Gasteiger partial charge in [-0.1, -0.05) is 54.6 Å². The van der Waals surface area contributed by atoms with Gasteiger partial charge in [0.2, 0.25) is 0 Å². The molecule has 4 nitrogen and oxygen atoms in total. The molecule has 0 spiro atoms. The zero-order chi connectivity index (χ0) is 19.1. The smallest absolute Gasteiger partial charge is 0.269 e. The van der Waals surface area contributed by atoms with Crippen molar-refractivity contribution in [2.24, 2.45) is 0 Å². The van der Waals surface area contributed by atoms with Crippen molar-refractivity contribution in [3.05, 3.63) is 95.8 Å². The van der Waals surface area contributed by atoms with Crippen molar-refractivity contribution in [1.29, 1.82) is 0 Å². The molecule has 3 aromatic rings.